The van der Waals surface area contributed by atoms with Crippen molar-refractivity contribution in [3.63, 3.8) is 0 Å². The van der Waals surface area contributed by atoms with Crippen LogP contribution >= 0.6 is 0 Å². The molecule has 2 aliphatic rings. The SMILES string of the molecule is BC(B)(B)C(c1ccc(N2c3ccc(C(C(B)(B)B)(C(B)(B)B)C(B)(B)B)cc3B3c4cc(C(C(B)(B)B)(C(B)(B)B)C(B)(B)B)ccc4N(c4ccc(C(C(B)(B)B)(C(B)(B)B)C(B)(B)B)cc4)c4cc(C)cc2c43)cc1)(C(B)(B)B)C(B)(B)B. The van der Waals surface area contributed by atoms with Crippen LogP contribution in [-0.4, -0.2) is 289 Å². The Bertz CT molecular complexity index is 3020. The highest BCUT2D eigenvalue weighted by molar-refractivity contribution is 7.00. The summed E-state index contributed by atoms with van der Waals surface area (Å²) in [5.41, 5.74) is 17.7. The van der Waals surface area contributed by atoms with Crippen LogP contribution in [0.25, 0.3) is 0 Å². The van der Waals surface area contributed by atoms with Crippen molar-refractivity contribution in [2.24, 2.45) is 0 Å². The summed E-state index contributed by atoms with van der Waals surface area (Å²) in [7, 11) is 89.5. The third-order valence-electron chi connectivity index (χ3n) is 22.7. The number of aryl methyl sites for hydroxylation is 1. The Kier molecular flexibility index (Phi) is 18.0. The maximum absolute atomic E-state index is 2.73. The number of rotatable bonds is 18. The van der Waals surface area contributed by atoms with Crippen LogP contribution in [0.15, 0.2) is 97.1 Å². The van der Waals surface area contributed by atoms with E-state index in [4.69, 9.17) is 0 Å². The van der Waals surface area contributed by atoms with Gasteiger partial charge in [0.2, 0.25) is 0 Å². The maximum Gasteiger partial charge on any atom is 0.252 e. The van der Waals surface area contributed by atoms with Crippen molar-refractivity contribution >= 4 is 340 Å². The summed E-state index contributed by atoms with van der Waals surface area (Å²) < 4.78 is 0. The molecule has 5 aromatic rings. The van der Waals surface area contributed by atoms with E-state index in [0.29, 0.717) is 0 Å². The zero-order valence-electron chi connectivity index (χ0n) is 62.7. The van der Waals surface area contributed by atoms with Crippen LogP contribution in [0.2, 0.25) is 61.4 Å². The first-order valence-electron chi connectivity index (χ1n) is 33.5. The second-order valence-corrected chi connectivity index (χ2v) is 40.0. The molecule has 0 fully saturated rings. The van der Waals surface area contributed by atoms with E-state index >= 15 is 0 Å². The monoisotopic (exact) mass is 1090 g/mol. The van der Waals surface area contributed by atoms with Crippen molar-refractivity contribution in [1.82, 2.24) is 0 Å². The first-order valence-corrected chi connectivity index (χ1v) is 33.5. The molecule has 0 amide bonds. The van der Waals surface area contributed by atoms with E-state index in [0.717, 1.165) is 0 Å². The van der Waals surface area contributed by atoms with Crippen LogP contribution in [0.5, 0.6) is 0 Å². The van der Waals surface area contributed by atoms with E-state index in [1.165, 1.54) is 78.3 Å². The second-order valence-electron chi connectivity index (χ2n) is 40.0. The molecule has 400 valence electrons. The van der Waals surface area contributed by atoms with Gasteiger partial charge in [0.25, 0.3) is 6.71 Å². The molecule has 0 spiro atoms. The number of fused-ring (bicyclic) bond motifs is 4. The molecule has 0 unspecified atom stereocenters. The third kappa shape index (κ3) is 10.4. The van der Waals surface area contributed by atoms with E-state index in [1.807, 2.05) is 0 Å². The lowest BCUT2D eigenvalue weighted by molar-refractivity contribution is 0.428. The Labute approximate surface area is 560 Å². The van der Waals surface area contributed by atoms with Gasteiger partial charge in [0.1, 0.15) is 0 Å². The lowest BCUT2D eigenvalue weighted by atomic mass is 9.08. The van der Waals surface area contributed by atoms with Gasteiger partial charge in [-0.2, -0.15) is 0 Å². The number of nitrogens with zero attached hydrogens (tertiary/aromatic N) is 2. The Morgan fingerprint density at radius 3 is 0.651 bits per heavy atom. The van der Waals surface area contributed by atoms with E-state index in [2.05, 4.69) is 396 Å². The van der Waals surface area contributed by atoms with Crippen LogP contribution in [0.3, 0.4) is 0 Å². The molecular formula is C47H91B37N2. The van der Waals surface area contributed by atoms with Crippen molar-refractivity contribution in [2.75, 3.05) is 9.80 Å². The smallest absolute Gasteiger partial charge is 0.252 e. The zero-order chi connectivity index (χ0) is 66.1. The van der Waals surface area contributed by atoms with Gasteiger partial charge in [0, 0.05) is 34.1 Å². The summed E-state index contributed by atoms with van der Waals surface area (Å²) in [5.74, 6) is 0. The molecule has 0 atom stereocenters. The van der Waals surface area contributed by atoms with Crippen LogP contribution in [-0.2, 0) is 21.7 Å². The van der Waals surface area contributed by atoms with Crippen LogP contribution in [0.4, 0.5) is 34.1 Å². The molecule has 2 aliphatic heterocycles. The van der Waals surface area contributed by atoms with Crippen molar-refractivity contribution in [3.05, 3.63) is 125 Å². The molecule has 0 radical (unpaired) electrons. The van der Waals surface area contributed by atoms with Gasteiger partial charge in [-0.25, -0.2) is 0 Å². The number of anilines is 6. The minimum absolute atomic E-state index is 0.0339. The molecule has 0 aromatic heterocycles. The first-order chi connectivity index (χ1) is 38.2. The molecule has 86 heavy (non-hydrogen) atoms. The maximum atomic E-state index is 2.73. The lowest BCUT2D eigenvalue weighted by Crippen LogP contribution is -2.64. The second kappa shape index (κ2) is 21.6. The fourth-order valence-corrected chi connectivity index (χ4v) is 25.6. The summed E-state index contributed by atoms with van der Waals surface area (Å²) in [4.78, 5) is 5.35. The van der Waals surface area contributed by atoms with Gasteiger partial charge in [-0.1, -0.05) is 70.2 Å². The van der Waals surface area contributed by atoms with Gasteiger partial charge in [-0.15, -0.1) is 61.4 Å². The fraction of sp³-hybridized carbons (Fsp3) is 0.362. The topological polar surface area (TPSA) is 6.48 Å². The summed E-state index contributed by atoms with van der Waals surface area (Å²) in [6.45, 7) is 2.26. The van der Waals surface area contributed by atoms with Gasteiger partial charge >= 0.3 is 0 Å². The Hall–Kier alpha value is -1.90. The minimum Gasteiger partial charge on any atom is -0.311 e. The average molecular weight is 1080 g/mol. The zero-order valence-corrected chi connectivity index (χ0v) is 62.7. The molecular weight excluding hydrogens is 993 g/mol. The predicted octanol–water partition coefficient (Wildman–Crippen LogP) is -25.3. The van der Waals surface area contributed by atoms with Gasteiger partial charge in [0.15, 0.2) is 0 Å². The van der Waals surface area contributed by atoms with E-state index in [-0.39, 0.29) is 89.7 Å². The number of hydrogen-bond donors (Lipinski definition) is 0. The molecule has 7 rings (SSSR count). The Morgan fingerprint density at radius 2 is 0.442 bits per heavy atom. The fourth-order valence-electron chi connectivity index (χ4n) is 25.6. The van der Waals surface area contributed by atoms with Crippen LogP contribution in [0, 0.1) is 6.92 Å². The molecule has 0 bridgehead atoms. The van der Waals surface area contributed by atoms with Crippen molar-refractivity contribution < 1.29 is 0 Å². The van der Waals surface area contributed by atoms with E-state index in [1.54, 1.807) is 0 Å². The predicted molar refractivity (Wildman–Crippen MR) is 492 cm³/mol. The van der Waals surface area contributed by atoms with Crippen molar-refractivity contribution in [2.45, 2.75) is 89.9 Å². The van der Waals surface area contributed by atoms with Crippen molar-refractivity contribution in [3.8, 4) is 0 Å². The highest BCUT2D eigenvalue weighted by Gasteiger charge is 2.61. The first kappa shape index (κ1) is 71.5. The van der Waals surface area contributed by atoms with Gasteiger partial charge < -0.3 is 9.80 Å². The van der Waals surface area contributed by atoms with E-state index < -0.39 is 0 Å². The Balaban J connectivity index is 1.74. The minimum atomic E-state index is -0.240. The standard InChI is InChI=1S/C47H91B37N2/c1-18-14-29-31-30(15-18)86(24-10-4-20(5-11-24)33(39(57,58)59,40(60,61)62)41(63,64)65)28-13-7-22(35(45(75,76)77,46(78,79)80)47(81,82)83)17-26(28)84(31)25-16-21(34(42(66,67)68,43(69,70)71)44(72,73)74)6-12-27(25)85(29)23-8-2-19(3-9-23)32(36(48,49)50,37(51,52)53)38(54,55)56/h2-17H,48-83H2,1H3. The molecule has 39 heteroatoms. The molecule has 0 N–H and O–H groups in total. The molecule has 5 aromatic carbocycles. The molecule has 0 saturated carbocycles. The van der Waals surface area contributed by atoms with Gasteiger partial charge in [0.05, 0.1) is 282 Å². The van der Waals surface area contributed by atoms with E-state index in [9.17, 15) is 0 Å². The summed E-state index contributed by atoms with van der Waals surface area (Å²) >= 11 is 0. The van der Waals surface area contributed by atoms with Crippen LogP contribution in [0.1, 0.15) is 27.8 Å². The van der Waals surface area contributed by atoms with Crippen molar-refractivity contribution in [1.29, 1.82) is 0 Å². The number of benzene rings is 5. The highest BCUT2D eigenvalue weighted by Crippen LogP contribution is 2.67. The summed E-state index contributed by atoms with van der Waals surface area (Å²) in [6.07, 6.45) is 0. The third-order valence-corrected chi connectivity index (χ3v) is 22.7. The van der Waals surface area contributed by atoms with Crippen LogP contribution < -0.4 is 26.2 Å². The highest BCUT2D eigenvalue weighted by atomic mass is 15.2. The van der Waals surface area contributed by atoms with Gasteiger partial charge in [-0.3, -0.25) is 0 Å². The quantitative estimate of drug-likeness (QED) is 0.0790. The normalized spacial score (nSPS) is 15.5. The van der Waals surface area contributed by atoms with Gasteiger partial charge in [-0.05, 0) is 99.7 Å². The average Bonchev–Trinajstić information content (AvgIpc) is 0.714. The molecule has 2 heterocycles. The summed E-state index contributed by atoms with van der Waals surface area (Å²) in [6, 6.07) is 40.7. The number of hydrogen-bond acceptors (Lipinski definition) is 2. The molecule has 0 aliphatic carbocycles. The Morgan fingerprint density at radius 1 is 0.244 bits per heavy atom. The summed E-state index contributed by atoms with van der Waals surface area (Å²) in [5, 5.41) is -0.795. The molecule has 0 saturated heterocycles. The molecule has 2 nitrogen and oxygen atoms in total. The largest absolute Gasteiger partial charge is 0.311 e. The lowest BCUT2D eigenvalue weighted by Gasteiger charge is -2.64.